The molecule has 140 valence electrons. The molecule has 0 aliphatic rings. The lowest BCUT2D eigenvalue weighted by Gasteiger charge is -2.22. The van der Waals surface area contributed by atoms with E-state index in [4.69, 9.17) is 28.3 Å². The maximum absolute atomic E-state index is 11.4. The first-order chi connectivity index (χ1) is 12.2. The standard InChI is InChI=1S/C17H20Cl2N4O2S/c1-21-17(23(2)11-13-6-7-15(18)16(19)9-13)22-10-12-4-3-5-14(8-12)26(20,24)25/h3-9H,10-11H2,1-2H3,(H,21,22)(H2,20,24,25). The van der Waals surface area contributed by atoms with Gasteiger partial charge in [-0.2, -0.15) is 0 Å². The molecule has 0 spiro atoms. The van der Waals surface area contributed by atoms with Crippen molar-refractivity contribution in [2.45, 2.75) is 18.0 Å². The highest BCUT2D eigenvalue weighted by Crippen LogP contribution is 2.23. The number of nitrogens with two attached hydrogens (primary N) is 1. The molecule has 6 nitrogen and oxygen atoms in total. The Kier molecular flexibility index (Phi) is 6.88. The van der Waals surface area contributed by atoms with Crippen LogP contribution in [0.25, 0.3) is 0 Å². The molecule has 0 amide bonds. The summed E-state index contributed by atoms with van der Waals surface area (Å²) in [5.74, 6) is 0.650. The van der Waals surface area contributed by atoms with Crippen molar-refractivity contribution >= 4 is 39.2 Å². The molecule has 2 rings (SSSR count). The number of aliphatic imine (C=N–C) groups is 1. The number of primary sulfonamides is 1. The van der Waals surface area contributed by atoms with Crippen LogP contribution in [-0.4, -0.2) is 33.4 Å². The predicted molar refractivity (Wildman–Crippen MR) is 106 cm³/mol. The van der Waals surface area contributed by atoms with E-state index in [0.29, 0.717) is 29.1 Å². The number of hydrogen-bond acceptors (Lipinski definition) is 3. The second-order valence-electron chi connectivity index (χ2n) is 5.70. The number of hydrogen-bond donors (Lipinski definition) is 2. The van der Waals surface area contributed by atoms with Crippen molar-refractivity contribution in [2.24, 2.45) is 10.1 Å². The largest absolute Gasteiger partial charge is 0.352 e. The fourth-order valence-corrected chi connectivity index (χ4v) is 3.29. The monoisotopic (exact) mass is 414 g/mol. The van der Waals surface area contributed by atoms with Gasteiger partial charge in [0, 0.05) is 27.2 Å². The van der Waals surface area contributed by atoms with Crippen molar-refractivity contribution in [1.82, 2.24) is 10.2 Å². The quantitative estimate of drug-likeness (QED) is 0.581. The molecule has 9 heteroatoms. The molecule has 0 fully saturated rings. The smallest absolute Gasteiger partial charge is 0.238 e. The average Bonchev–Trinajstić information content (AvgIpc) is 2.58. The number of guanidine groups is 1. The topological polar surface area (TPSA) is 87.8 Å². The highest BCUT2D eigenvalue weighted by atomic mass is 35.5. The van der Waals surface area contributed by atoms with Gasteiger partial charge in [-0.05, 0) is 35.4 Å². The fraction of sp³-hybridized carbons (Fsp3) is 0.235. The zero-order valence-corrected chi connectivity index (χ0v) is 16.7. The van der Waals surface area contributed by atoms with Gasteiger partial charge in [-0.1, -0.05) is 41.4 Å². The Bertz CT molecular complexity index is 917. The van der Waals surface area contributed by atoms with E-state index in [9.17, 15) is 8.42 Å². The van der Waals surface area contributed by atoms with Crippen LogP contribution in [0.5, 0.6) is 0 Å². The van der Waals surface area contributed by atoms with E-state index >= 15 is 0 Å². The molecule has 0 saturated heterocycles. The van der Waals surface area contributed by atoms with Gasteiger partial charge < -0.3 is 10.2 Å². The third-order valence-electron chi connectivity index (χ3n) is 3.65. The first-order valence-corrected chi connectivity index (χ1v) is 9.98. The molecule has 2 aromatic rings. The van der Waals surface area contributed by atoms with Gasteiger partial charge in [0.2, 0.25) is 10.0 Å². The molecule has 2 aromatic carbocycles. The van der Waals surface area contributed by atoms with Crippen molar-refractivity contribution in [2.75, 3.05) is 14.1 Å². The van der Waals surface area contributed by atoms with Crippen LogP contribution < -0.4 is 10.5 Å². The second kappa shape index (κ2) is 8.73. The van der Waals surface area contributed by atoms with Gasteiger partial charge in [0.05, 0.1) is 14.9 Å². The average molecular weight is 415 g/mol. The van der Waals surface area contributed by atoms with E-state index in [1.807, 2.05) is 30.1 Å². The summed E-state index contributed by atoms with van der Waals surface area (Å²) < 4.78 is 22.9. The molecule has 0 saturated carbocycles. The van der Waals surface area contributed by atoms with Gasteiger partial charge >= 0.3 is 0 Å². The Morgan fingerprint density at radius 3 is 2.50 bits per heavy atom. The Morgan fingerprint density at radius 2 is 1.88 bits per heavy atom. The van der Waals surface area contributed by atoms with Crippen LogP contribution in [-0.2, 0) is 23.1 Å². The van der Waals surface area contributed by atoms with Gasteiger partial charge in [-0.15, -0.1) is 0 Å². The molecule has 26 heavy (non-hydrogen) atoms. The summed E-state index contributed by atoms with van der Waals surface area (Å²) in [6.07, 6.45) is 0. The van der Waals surface area contributed by atoms with Gasteiger partial charge in [-0.3, -0.25) is 4.99 Å². The lowest BCUT2D eigenvalue weighted by atomic mass is 10.2. The molecule has 0 unspecified atom stereocenters. The first kappa shape index (κ1) is 20.5. The van der Waals surface area contributed by atoms with Gasteiger partial charge in [0.15, 0.2) is 5.96 Å². The number of rotatable bonds is 5. The predicted octanol–water partition coefficient (Wildman–Crippen LogP) is 2.85. The normalized spacial score (nSPS) is 12.1. The third kappa shape index (κ3) is 5.60. The van der Waals surface area contributed by atoms with Crippen molar-refractivity contribution in [3.05, 3.63) is 63.6 Å². The Hall–Kier alpha value is -1.80. The molecular formula is C17H20Cl2N4O2S. The van der Waals surface area contributed by atoms with Crippen LogP contribution in [0.2, 0.25) is 10.0 Å². The highest BCUT2D eigenvalue weighted by Gasteiger charge is 2.10. The molecule has 0 aliphatic heterocycles. The van der Waals surface area contributed by atoms with Gasteiger partial charge in [-0.25, -0.2) is 13.6 Å². The Morgan fingerprint density at radius 1 is 1.15 bits per heavy atom. The zero-order valence-electron chi connectivity index (χ0n) is 14.4. The van der Waals surface area contributed by atoms with Crippen molar-refractivity contribution in [3.63, 3.8) is 0 Å². The molecule has 0 aromatic heterocycles. The minimum Gasteiger partial charge on any atom is -0.352 e. The van der Waals surface area contributed by atoms with Crippen molar-refractivity contribution in [1.29, 1.82) is 0 Å². The number of nitrogens with one attached hydrogen (secondary N) is 1. The lowest BCUT2D eigenvalue weighted by molar-refractivity contribution is 0.476. The van der Waals surface area contributed by atoms with Crippen LogP contribution in [0.3, 0.4) is 0 Å². The van der Waals surface area contributed by atoms with Crippen LogP contribution >= 0.6 is 23.2 Å². The van der Waals surface area contributed by atoms with E-state index in [1.165, 1.54) is 12.1 Å². The van der Waals surface area contributed by atoms with Gasteiger partial charge in [0.25, 0.3) is 0 Å². The summed E-state index contributed by atoms with van der Waals surface area (Å²) in [5.41, 5.74) is 1.77. The zero-order chi connectivity index (χ0) is 19.3. The van der Waals surface area contributed by atoms with Crippen LogP contribution in [0, 0.1) is 0 Å². The Labute approximate surface area is 163 Å². The van der Waals surface area contributed by atoms with Crippen LogP contribution in [0.15, 0.2) is 52.4 Å². The van der Waals surface area contributed by atoms with Crippen LogP contribution in [0.1, 0.15) is 11.1 Å². The summed E-state index contributed by atoms with van der Waals surface area (Å²) in [6.45, 7) is 0.982. The lowest BCUT2D eigenvalue weighted by Crippen LogP contribution is -2.38. The molecule has 0 atom stereocenters. The first-order valence-electron chi connectivity index (χ1n) is 7.68. The maximum atomic E-state index is 11.4. The number of nitrogens with zero attached hydrogens (tertiary/aromatic N) is 2. The van der Waals surface area contributed by atoms with Gasteiger partial charge in [0.1, 0.15) is 0 Å². The summed E-state index contributed by atoms with van der Waals surface area (Å²) in [4.78, 5) is 6.24. The molecule has 0 heterocycles. The van der Waals surface area contributed by atoms with E-state index < -0.39 is 10.0 Å². The minimum absolute atomic E-state index is 0.0796. The Balaban J connectivity index is 2.04. The molecule has 0 radical (unpaired) electrons. The van der Waals surface area contributed by atoms with E-state index in [2.05, 4.69) is 10.3 Å². The highest BCUT2D eigenvalue weighted by molar-refractivity contribution is 7.89. The fourth-order valence-electron chi connectivity index (χ4n) is 2.39. The van der Waals surface area contributed by atoms with Crippen molar-refractivity contribution < 1.29 is 8.42 Å². The molecule has 0 bridgehead atoms. The maximum Gasteiger partial charge on any atom is 0.238 e. The minimum atomic E-state index is -3.73. The summed E-state index contributed by atoms with van der Waals surface area (Å²) in [6, 6.07) is 11.9. The second-order valence-corrected chi connectivity index (χ2v) is 8.07. The van der Waals surface area contributed by atoms with E-state index in [0.717, 1.165) is 11.1 Å². The third-order valence-corrected chi connectivity index (χ3v) is 5.30. The summed E-state index contributed by atoms with van der Waals surface area (Å²) >= 11 is 12.0. The van der Waals surface area contributed by atoms with E-state index in [1.54, 1.807) is 19.2 Å². The number of sulfonamides is 1. The molecule has 0 aliphatic carbocycles. The van der Waals surface area contributed by atoms with E-state index in [-0.39, 0.29) is 4.90 Å². The summed E-state index contributed by atoms with van der Waals surface area (Å²) in [5, 5.41) is 9.37. The molecule has 3 N–H and O–H groups in total. The van der Waals surface area contributed by atoms with Crippen molar-refractivity contribution in [3.8, 4) is 0 Å². The molecular weight excluding hydrogens is 395 g/mol. The SMILES string of the molecule is CN=C(NCc1cccc(S(N)(=O)=O)c1)N(C)Cc1ccc(Cl)c(Cl)c1. The number of benzene rings is 2. The van der Waals surface area contributed by atoms with Crippen LogP contribution in [0.4, 0.5) is 0 Å². The number of halogens is 2. The summed E-state index contributed by atoms with van der Waals surface area (Å²) in [7, 11) is -0.163.